The monoisotopic (exact) mass is 184 g/mol. The third-order valence-electron chi connectivity index (χ3n) is 1.61. The summed E-state index contributed by atoms with van der Waals surface area (Å²) in [5.74, 6) is -0.825. The average molecular weight is 184 g/mol. The van der Waals surface area contributed by atoms with E-state index < -0.39 is 18.2 Å². The molecule has 1 N–H and O–H groups in total. The number of methoxy groups -OCH3 is 1. The molecule has 0 aliphatic carbocycles. The molecule has 4 heteroatoms. The van der Waals surface area contributed by atoms with Crippen molar-refractivity contribution in [3.63, 3.8) is 0 Å². The second-order valence-corrected chi connectivity index (χ2v) is 2.43. The van der Waals surface area contributed by atoms with Gasteiger partial charge in [0.05, 0.1) is 12.7 Å². The number of ether oxygens (including phenoxy) is 1. The van der Waals surface area contributed by atoms with Crippen molar-refractivity contribution in [3.8, 4) is 5.75 Å². The van der Waals surface area contributed by atoms with Gasteiger partial charge < -0.3 is 9.84 Å². The Bertz CT molecular complexity index is 323. The molecular formula is C9H9FO3. The lowest BCUT2D eigenvalue weighted by Gasteiger charge is -2.05. The normalized spacial score (nSPS) is 9.77. The number of benzene rings is 1. The van der Waals surface area contributed by atoms with E-state index in [1.165, 1.54) is 19.2 Å². The van der Waals surface area contributed by atoms with Gasteiger partial charge in [0.25, 0.3) is 0 Å². The molecule has 0 aromatic heterocycles. The standard InChI is InChI=1S/C9H9FO3/c1-13-9-3-2-6(10)4-7(9)8(12)5-11/h2-4,11H,5H2,1H3. The summed E-state index contributed by atoms with van der Waals surface area (Å²) in [5.41, 5.74) is 0.0602. The largest absolute Gasteiger partial charge is 0.496 e. The predicted molar refractivity (Wildman–Crippen MR) is 44.4 cm³/mol. The average Bonchev–Trinajstić information content (AvgIpc) is 2.16. The summed E-state index contributed by atoms with van der Waals surface area (Å²) >= 11 is 0. The summed E-state index contributed by atoms with van der Waals surface area (Å²) in [5, 5.41) is 8.57. The number of carbonyl (C=O) groups excluding carboxylic acids is 1. The predicted octanol–water partition coefficient (Wildman–Crippen LogP) is 1.01. The lowest BCUT2D eigenvalue weighted by molar-refractivity contribution is 0.0900. The van der Waals surface area contributed by atoms with E-state index in [0.717, 1.165) is 6.07 Å². The second-order valence-electron chi connectivity index (χ2n) is 2.43. The zero-order chi connectivity index (χ0) is 9.84. The summed E-state index contributed by atoms with van der Waals surface area (Å²) in [6.07, 6.45) is 0. The Morgan fingerprint density at radius 2 is 2.31 bits per heavy atom. The topological polar surface area (TPSA) is 46.5 Å². The van der Waals surface area contributed by atoms with E-state index >= 15 is 0 Å². The lowest BCUT2D eigenvalue weighted by atomic mass is 10.1. The molecule has 0 amide bonds. The Morgan fingerprint density at radius 1 is 1.62 bits per heavy atom. The fraction of sp³-hybridized carbons (Fsp3) is 0.222. The maximum Gasteiger partial charge on any atom is 0.191 e. The SMILES string of the molecule is COc1ccc(F)cc1C(=O)CO. The van der Waals surface area contributed by atoms with E-state index in [1.54, 1.807) is 0 Å². The third kappa shape index (κ3) is 2.03. The number of hydrogen-bond acceptors (Lipinski definition) is 3. The highest BCUT2D eigenvalue weighted by atomic mass is 19.1. The number of halogens is 1. The first kappa shape index (κ1) is 9.67. The molecule has 1 aromatic rings. The number of carbonyl (C=O) groups is 1. The van der Waals surface area contributed by atoms with Crippen LogP contribution in [0.3, 0.4) is 0 Å². The Labute approximate surface area is 74.8 Å². The highest BCUT2D eigenvalue weighted by molar-refractivity contribution is 5.99. The first-order chi connectivity index (χ1) is 6.19. The van der Waals surface area contributed by atoms with Gasteiger partial charge in [-0.25, -0.2) is 4.39 Å². The summed E-state index contributed by atoms with van der Waals surface area (Å²) in [6.45, 7) is -0.653. The maximum atomic E-state index is 12.7. The molecule has 0 saturated carbocycles. The quantitative estimate of drug-likeness (QED) is 0.713. The highest BCUT2D eigenvalue weighted by Gasteiger charge is 2.11. The minimum atomic E-state index is -0.653. The van der Waals surface area contributed by atoms with E-state index in [-0.39, 0.29) is 11.3 Å². The van der Waals surface area contributed by atoms with E-state index in [0.29, 0.717) is 0 Å². The van der Waals surface area contributed by atoms with Crippen LogP contribution < -0.4 is 4.74 Å². The number of ketones is 1. The van der Waals surface area contributed by atoms with Crippen LogP contribution in [0.5, 0.6) is 5.75 Å². The van der Waals surface area contributed by atoms with Crippen molar-refractivity contribution in [2.24, 2.45) is 0 Å². The molecule has 0 fully saturated rings. The number of aliphatic hydroxyl groups is 1. The molecule has 0 heterocycles. The van der Waals surface area contributed by atoms with Gasteiger partial charge in [-0.05, 0) is 18.2 Å². The molecule has 70 valence electrons. The first-order valence-corrected chi connectivity index (χ1v) is 3.66. The van der Waals surface area contributed by atoms with Crippen LogP contribution in [0, 0.1) is 5.82 Å². The Balaban J connectivity index is 3.15. The van der Waals surface area contributed by atoms with Gasteiger partial charge in [-0.2, -0.15) is 0 Å². The van der Waals surface area contributed by atoms with Crippen LogP contribution in [-0.2, 0) is 0 Å². The molecule has 0 aliphatic heterocycles. The third-order valence-corrected chi connectivity index (χ3v) is 1.61. The number of hydrogen-bond donors (Lipinski definition) is 1. The van der Waals surface area contributed by atoms with Crippen molar-refractivity contribution in [2.75, 3.05) is 13.7 Å². The molecule has 0 atom stereocenters. The fourth-order valence-corrected chi connectivity index (χ4v) is 0.983. The summed E-state index contributed by atoms with van der Waals surface area (Å²) in [4.78, 5) is 11.0. The summed E-state index contributed by atoms with van der Waals surface area (Å²) in [6, 6.07) is 3.57. The molecule has 1 aromatic carbocycles. The minimum Gasteiger partial charge on any atom is -0.496 e. The highest BCUT2D eigenvalue weighted by Crippen LogP contribution is 2.19. The van der Waals surface area contributed by atoms with Crippen LogP contribution in [-0.4, -0.2) is 24.6 Å². The lowest BCUT2D eigenvalue weighted by Crippen LogP contribution is -2.06. The van der Waals surface area contributed by atoms with Gasteiger partial charge in [0, 0.05) is 0 Å². The molecule has 0 aliphatic rings. The van der Waals surface area contributed by atoms with Crippen LogP contribution in [0.25, 0.3) is 0 Å². The van der Waals surface area contributed by atoms with Crippen LogP contribution >= 0.6 is 0 Å². The van der Waals surface area contributed by atoms with E-state index in [9.17, 15) is 9.18 Å². The molecule has 3 nitrogen and oxygen atoms in total. The fourth-order valence-electron chi connectivity index (χ4n) is 0.983. The van der Waals surface area contributed by atoms with Gasteiger partial charge in [-0.1, -0.05) is 0 Å². The van der Waals surface area contributed by atoms with Gasteiger partial charge in [0.1, 0.15) is 18.2 Å². The molecule has 0 saturated heterocycles. The molecule has 1 rings (SSSR count). The van der Waals surface area contributed by atoms with Crippen molar-refractivity contribution < 1.29 is 19.0 Å². The van der Waals surface area contributed by atoms with E-state index in [2.05, 4.69) is 0 Å². The van der Waals surface area contributed by atoms with Gasteiger partial charge in [-0.15, -0.1) is 0 Å². The smallest absolute Gasteiger partial charge is 0.191 e. The van der Waals surface area contributed by atoms with Crippen molar-refractivity contribution in [1.29, 1.82) is 0 Å². The number of aliphatic hydroxyl groups excluding tert-OH is 1. The zero-order valence-corrected chi connectivity index (χ0v) is 7.08. The van der Waals surface area contributed by atoms with Crippen LogP contribution in [0.4, 0.5) is 4.39 Å². The van der Waals surface area contributed by atoms with Crippen molar-refractivity contribution in [3.05, 3.63) is 29.6 Å². The van der Waals surface area contributed by atoms with Crippen LogP contribution in [0.15, 0.2) is 18.2 Å². The Morgan fingerprint density at radius 3 is 2.85 bits per heavy atom. The first-order valence-electron chi connectivity index (χ1n) is 3.66. The molecule has 0 bridgehead atoms. The molecule has 13 heavy (non-hydrogen) atoms. The van der Waals surface area contributed by atoms with Gasteiger partial charge in [0.2, 0.25) is 0 Å². The van der Waals surface area contributed by atoms with Crippen LogP contribution in [0.1, 0.15) is 10.4 Å². The maximum absolute atomic E-state index is 12.7. The van der Waals surface area contributed by atoms with Gasteiger partial charge in [0.15, 0.2) is 5.78 Å². The molecule has 0 spiro atoms. The van der Waals surface area contributed by atoms with Crippen molar-refractivity contribution in [2.45, 2.75) is 0 Å². The van der Waals surface area contributed by atoms with Gasteiger partial charge in [-0.3, -0.25) is 4.79 Å². The van der Waals surface area contributed by atoms with E-state index in [1.807, 2.05) is 0 Å². The van der Waals surface area contributed by atoms with Crippen LogP contribution in [0.2, 0.25) is 0 Å². The minimum absolute atomic E-state index is 0.0602. The Hall–Kier alpha value is -1.42. The summed E-state index contributed by atoms with van der Waals surface area (Å²) in [7, 11) is 1.38. The van der Waals surface area contributed by atoms with Crippen molar-refractivity contribution >= 4 is 5.78 Å². The number of Topliss-reactive ketones (excluding diaryl/α,β-unsaturated/α-hetero) is 1. The molecule has 0 unspecified atom stereocenters. The molecular weight excluding hydrogens is 175 g/mol. The Kier molecular flexibility index (Phi) is 2.97. The van der Waals surface area contributed by atoms with Crippen molar-refractivity contribution in [1.82, 2.24) is 0 Å². The number of rotatable bonds is 3. The zero-order valence-electron chi connectivity index (χ0n) is 7.08. The second kappa shape index (κ2) is 4.00. The van der Waals surface area contributed by atoms with Gasteiger partial charge >= 0.3 is 0 Å². The van der Waals surface area contributed by atoms with E-state index in [4.69, 9.17) is 9.84 Å². The molecule has 0 radical (unpaired) electrons. The summed E-state index contributed by atoms with van der Waals surface area (Å²) < 4.78 is 17.5.